The molecule has 0 bridgehead atoms. The van der Waals surface area contributed by atoms with Gasteiger partial charge in [-0.3, -0.25) is 19.5 Å². The molecule has 25 heavy (non-hydrogen) atoms. The van der Waals surface area contributed by atoms with Crippen LogP contribution in [-0.4, -0.2) is 40.9 Å². The molecule has 0 saturated heterocycles. The van der Waals surface area contributed by atoms with Crippen molar-refractivity contribution in [3.05, 3.63) is 46.0 Å². The number of hydrazine groups is 1. The largest absolute Gasteiger partial charge is 0.346 e. The Morgan fingerprint density at radius 3 is 2.80 bits per heavy atom. The highest BCUT2D eigenvalue weighted by Crippen LogP contribution is 2.24. The summed E-state index contributed by atoms with van der Waals surface area (Å²) in [5.41, 5.74) is 6.26. The zero-order valence-electron chi connectivity index (χ0n) is 14.1. The topological polar surface area (TPSA) is 73.9 Å². The van der Waals surface area contributed by atoms with E-state index in [-0.39, 0.29) is 25.1 Å². The molecule has 1 aliphatic heterocycles. The number of nitrogens with zero attached hydrogens (tertiary/aromatic N) is 2. The Bertz CT molecular complexity index is 656. The minimum atomic E-state index is -0.331. The van der Waals surface area contributed by atoms with Crippen LogP contribution in [-0.2, 0) is 16.2 Å². The van der Waals surface area contributed by atoms with Gasteiger partial charge in [0.05, 0.1) is 19.0 Å². The fraction of sp³-hybridized carbons (Fsp3) is 0.375. The van der Waals surface area contributed by atoms with E-state index < -0.39 is 0 Å². The molecule has 0 unspecified atom stereocenters. The number of thioether (sulfide) groups is 1. The number of carbonyl (C=O) groups excluding carboxylic acids is 2. The second-order valence-corrected chi connectivity index (χ2v) is 6.93. The van der Waals surface area contributed by atoms with Gasteiger partial charge in [0.25, 0.3) is 0 Å². The van der Waals surface area contributed by atoms with Crippen molar-refractivity contribution in [2.75, 3.05) is 19.0 Å². The minimum Gasteiger partial charge on any atom is -0.289 e. The van der Waals surface area contributed by atoms with Crippen LogP contribution >= 0.6 is 23.4 Å². The summed E-state index contributed by atoms with van der Waals surface area (Å²) < 4.78 is 0. The van der Waals surface area contributed by atoms with Crippen LogP contribution in [0.25, 0.3) is 0 Å². The molecule has 1 aromatic carbocycles. The zero-order chi connectivity index (χ0) is 18.2. The van der Waals surface area contributed by atoms with Crippen LogP contribution in [0.15, 0.2) is 35.4 Å². The average Bonchev–Trinajstić information content (AvgIpc) is 3.01. The molecule has 0 spiro atoms. The van der Waals surface area contributed by atoms with Gasteiger partial charge in [-0.1, -0.05) is 29.8 Å². The fourth-order valence-electron chi connectivity index (χ4n) is 2.06. The van der Waals surface area contributed by atoms with Crippen molar-refractivity contribution < 1.29 is 14.4 Å². The van der Waals surface area contributed by atoms with Crippen molar-refractivity contribution in [3.63, 3.8) is 0 Å². The van der Waals surface area contributed by atoms with Gasteiger partial charge in [-0.25, -0.2) is 15.7 Å². The molecule has 7 nitrogen and oxygen atoms in total. The van der Waals surface area contributed by atoms with Gasteiger partial charge in [0.1, 0.15) is 0 Å². The Morgan fingerprint density at radius 2 is 2.16 bits per heavy atom. The zero-order valence-corrected chi connectivity index (χ0v) is 15.7. The van der Waals surface area contributed by atoms with E-state index in [1.54, 1.807) is 24.0 Å². The molecule has 3 amide bonds. The minimum absolute atomic E-state index is 0.156. The first kappa shape index (κ1) is 19.6. The Kier molecular flexibility index (Phi) is 7.57. The molecular weight excluding hydrogens is 364 g/mol. The number of halogens is 1. The summed E-state index contributed by atoms with van der Waals surface area (Å²) >= 11 is 7.68. The predicted molar refractivity (Wildman–Crippen MR) is 98.2 cm³/mol. The number of nitrogens with one attached hydrogen (secondary N) is 2. The lowest BCUT2D eigenvalue weighted by molar-refractivity contribution is -0.133. The smallest absolute Gasteiger partial charge is 0.289 e. The molecule has 0 atom stereocenters. The van der Waals surface area contributed by atoms with Gasteiger partial charge in [-0.2, -0.15) is 0 Å². The molecule has 2 rings (SSSR count). The molecule has 0 aromatic heterocycles. The highest BCUT2D eigenvalue weighted by Gasteiger charge is 2.17. The lowest BCUT2D eigenvalue weighted by atomic mass is 10.2. The fourth-order valence-corrected chi connectivity index (χ4v) is 3.00. The summed E-state index contributed by atoms with van der Waals surface area (Å²) in [7, 11) is 0. The Hall–Kier alpha value is -1.74. The molecule has 0 saturated carbocycles. The summed E-state index contributed by atoms with van der Waals surface area (Å²) in [5, 5.41) is 2.06. The molecule has 0 aliphatic carbocycles. The van der Waals surface area contributed by atoms with E-state index in [2.05, 4.69) is 10.9 Å². The van der Waals surface area contributed by atoms with Crippen LogP contribution in [0.1, 0.15) is 19.4 Å². The maximum absolute atomic E-state index is 11.8. The molecule has 136 valence electrons. The lowest BCUT2D eigenvalue weighted by Gasteiger charge is -2.22. The Morgan fingerprint density at radius 1 is 1.40 bits per heavy atom. The van der Waals surface area contributed by atoms with Gasteiger partial charge in [0.15, 0.2) is 0 Å². The van der Waals surface area contributed by atoms with Gasteiger partial charge in [0.2, 0.25) is 5.91 Å². The quantitative estimate of drug-likeness (QED) is 0.558. The van der Waals surface area contributed by atoms with Gasteiger partial charge in [-0.05, 0) is 23.5 Å². The first-order chi connectivity index (χ1) is 12.0. The molecule has 0 radical (unpaired) electrons. The van der Waals surface area contributed by atoms with Crippen molar-refractivity contribution in [2.24, 2.45) is 0 Å². The summed E-state index contributed by atoms with van der Waals surface area (Å²) in [6.45, 7) is 4.25. The van der Waals surface area contributed by atoms with E-state index in [1.807, 2.05) is 25.1 Å². The van der Waals surface area contributed by atoms with Crippen molar-refractivity contribution >= 4 is 35.3 Å². The molecule has 1 heterocycles. The third-order valence-corrected chi connectivity index (χ3v) is 4.74. The van der Waals surface area contributed by atoms with Crippen molar-refractivity contribution in [1.82, 2.24) is 20.8 Å². The van der Waals surface area contributed by atoms with E-state index >= 15 is 0 Å². The van der Waals surface area contributed by atoms with Gasteiger partial charge in [-0.15, -0.1) is 11.8 Å². The van der Waals surface area contributed by atoms with Gasteiger partial charge in [0, 0.05) is 24.7 Å². The number of rotatable bonds is 7. The van der Waals surface area contributed by atoms with E-state index in [9.17, 15) is 9.59 Å². The third-order valence-electron chi connectivity index (χ3n) is 3.40. The predicted octanol–water partition coefficient (Wildman–Crippen LogP) is 2.70. The molecule has 1 aliphatic rings. The highest BCUT2D eigenvalue weighted by molar-refractivity contribution is 8.03. The van der Waals surface area contributed by atoms with Crippen molar-refractivity contribution in [2.45, 2.75) is 20.4 Å². The van der Waals surface area contributed by atoms with Crippen LogP contribution in [0.5, 0.6) is 0 Å². The molecule has 9 heteroatoms. The van der Waals surface area contributed by atoms with E-state index in [1.165, 1.54) is 16.8 Å². The first-order valence-corrected chi connectivity index (χ1v) is 9.08. The summed E-state index contributed by atoms with van der Waals surface area (Å²) in [4.78, 5) is 31.3. The monoisotopic (exact) mass is 384 g/mol. The van der Waals surface area contributed by atoms with Crippen LogP contribution in [0, 0.1) is 0 Å². The van der Waals surface area contributed by atoms with Crippen LogP contribution in [0.3, 0.4) is 0 Å². The molecule has 1 aromatic rings. The summed E-state index contributed by atoms with van der Waals surface area (Å²) in [6, 6.07) is 7.08. The number of benzene rings is 1. The summed E-state index contributed by atoms with van der Waals surface area (Å²) in [5.74, 6) is 0.413. The Balaban J connectivity index is 1.72. The number of amides is 3. The Labute approximate surface area is 156 Å². The van der Waals surface area contributed by atoms with E-state index in [0.29, 0.717) is 17.4 Å². The maximum atomic E-state index is 11.8. The van der Waals surface area contributed by atoms with Crippen molar-refractivity contribution in [3.8, 4) is 0 Å². The maximum Gasteiger partial charge on any atom is 0.346 e. The summed E-state index contributed by atoms with van der Waals surface area (Å²) in [6.07, 6.45) is 1.76. The van der Waals surface area contributed by atoms with E-state index in [4.69, 9.17) is 16.4 Å². The first-order valence-electron chi connectivity index (χ1n) is 7.72. The molecular formula is C16H21ClN4O3S. The average molecular weight is 385 g/mol. The standard InChI is InChI=1S/C16H21ClN4O3S/c1-12-10-20(11-25-12)16(23)19-24-8-7-21(13(2)22)18-9-14-5-3-4-6-15(14)17/h3-6,10,18H,7-9,11H2,1-2H3,(H,19,23). The number of hydrogen-bond acceptors (Lipinski definition) is 5. The SMILES string of the molecule is CC(=O)N(CCONC(=O)N1C=C(C)SC1)NCc1ccccc1Cl. The lowest BCUT2D eigenvalue weighted by Crippen LogP contribution is -2.44. The van der Waals surface area contributed by atoms with Crippen LogP contribution in [0.2, 0.25) is 5.02 Å². The van der Waals surface area contributed by atoms with Crippen LogP contribution < -0.4 is 10.9 Å². The van der Waals surface area contributed by atoms with Crippen LogP contribution in [0.4, 0.5) is 4.79 Å². The number of carbonyl (C=O) groups is 2. The number of urea groups is 1. The second-order valence-electron chi connectivity index (χ2n) is 5.34. The van der Waals surface area contributed by atoms with Gasteiger partial charge >= 0.3 is 6.03 Å². The number of allylic oxidation sites excluding steroid dienone is 1. The second kappa shape index (κ2) is 9.67. The molecule has 2 N–H and O–H groups in total. The van der Waals surface area contributed by atoms with E-state index in [0.717, 1.165) is 10.5 Å². The normalized spacial score (nSPS) is 13.6. The number of hydrogen-bond donors (Lipinski definition) is 2. The third kappa shape index (κ3) is 6.24. The van der Waals surface area contributed by atoms with Gasteiger partial charge < -0.3 is 0 Å². The van der Waals surface area contributed by atoms with Crippen molar-refractivity contribution in [1.29, 1.82) is 0 Å². The molecule has 0 fully saturated rings. The highest BCUT2D eigenvalue weighted by atomic mass is 35.5. The number of hydroxylamine groups is 1.